The number of para-hydroxylation sites is 1. The molecule has 0 spiro atoms. The molecule has 0 aliphatic heterocycles. The third-order valence-electron chi connectivity index (χ3n) is 2.83. The standard InChI is InChI=1S/C13H16IN/c14-12-8-4-5-9-13(12)15-10-11-6-2-1-3-7-11/h1-2,4-5,8-9,11,15H,3,6-7,10H2. The van der Waals surface area contributed by atoms with Crippen LogP contribution in [0.15, 0.2) is 36.4 Å². The molecule has 1 aliphatic carbocycles. The minimum Gasteiger partial charge on any atom is -0.384 e. The van der Waals surface area contributed by atoms with Crippen LogP contribution in [0, 0.1) is 9.49 Å². The van der Waals surface area contributed by atoms with E-state index in [2.05, 4.69) is 64.3 Å². The highest BCUT2D eigenvalue weighted by molar-refractivity contribution is 14.1. The largest absolute Gasteiger partial charge is 0.384 e. The second-order valence-electron chi connectivity index (χ2n) is 4.01. The fraction of sp³-hybridized carbons (Fsp3) is 0.385. The number of halogens is 1. The molecule has 0 fully saturated rings. The van der Waals surface area contributed by atoms with Gasteiger partial charge in [-0.15, -0.1) is 0 Å². The van der Waals surface area contributed by atoms with E-state index in [1.165, 1.54) is 28.5 Å². The molecule has 15 heavy (non-hydrogen) atoms. The van der Waals surface area contributed by atoms with Gasteiger partial charge in [-0.3, -0.25) is 0 Å². The Morgan fingerprint density at radius 3 is 2.87 bits per heavy atom. The predicted molar refractivity (Wildman–Crippen MR) is 74.1 cm³/mol. The van der Waals surface area contributed by atoms with E-state index in [4.69, 9.17) is 0 Å². The summed E-state index contributed by atoms with van der Waals surface area (Å²) < 4.78 is 1.31. The molecule has 1 aromatic rings. The minimum absolute atomic E-state index is 0.811. The molecule has 0 radical (unpaired) electrons. The van der Waals surface area contributed by atoms with E-state index in [0.29, 0.717) is 0 Å². The molecule has 1 aromatic carbocycles. The molecule has 2 rings (SSSR count). The van der Waals surface area contributed by atoms with Crippen LogP contribution in [-0.4, -0.2) is 6.54 Å². The van der Waals surface area contributed by atoms with Crippen molar-refractivity contribution in [1.82, 2.24) is 0 Å². The van der Waals surface area contributed by atoms with E-state index in [-0.39, 0.29) is 0 Å². The number of rotatable bonds is 3. The van der Waals surface area contributed by atoms with Crippen LogP contribution in [-0.2, 0) is 0 Å². The first-order valence-corrected chi connectivity index (χ1v) is 6.57. The number of hydrogen-bond donors (Lipinski definition) is 1. The van der Waals surface area contributed by atoms with Crippen LogP contribution >= 0.6 is 22.6 Å². The highest BCUT2D eigenvalue weighted by Gasteiger charge is 2.09. The molecule has 0 bridgehead atoms. The van der Waals surface area contributed by atoms with Crippen molar-refractivity contribution < 1.29 is 0 Å². The lowest BCUT2D eigenvalue weighted by atomic mass is 9.94. The van der Waals surface area contributed by atoms with Crippen LogP contribution in [0.3, 0.4) is 0 Å². The van der Waals surface area contributed by atoms with Crippen molar-refractivity contribution in [2.45, 2.75) is 19.3 Å². The first-order chi connectivity index (χ1) is 7.36. The second kappa shape index (κ2) is 5.54. The lowest BCUT2D eigenvalue weighted by Crippen LogP contribution is -2.15. The predicted octanol–water partition coefficient (Wildman–Crippen LogP) is 4.06. The van der Waals surface area contributed by atoms with Gasteiger partial charge in [-0.05, 0) is 59.9 Å². The van der Waals surface area contributed by atoms with Crippen LogP contribution in [0.5, 0.6) is 0 Å². The van der Waals surface area contributed by atoms with Gasteiger partial charge < -0.3 is 5.32 Å². The van der Waals surface area contributed by atoms with Gasteiger partial charge in [-0.1, -0.05) is 24.3 Å². The second-order valence-corrected chi connectivity index (χ2v) is 5.17. The summed E-state index contributed by atoms with van der Waals surface area (Å²) in [6.45, 7) is 1.10. The molecule has 1 aliphatic rings. The Morgan fingerprint density at radius 1 is 1.27 bits per heavy atom. The zero-order valence-electron chi connectivity index (χ0n) is 8.75. The van der Waals surface area contributed by atoms with Gasteiger partial charge in [0.1, 0.15) is 0 Å². The molecule has 0 amide bonds. The van der Waals surface area contributed by atoms with E-state index in [0.717, 1.165) is 12.5 Å². The Kier molecular flexibility index (Phi) is 4.06. The molecule has 1 N–H and O–H groups in total. The molecule has 1 unspecified atom stereocenters. The highest BCUT2D eigenvalue weighted by Crippen LogP contribution is 2.21. The maximum atomic E-state index is 3.54. The van der Waals surface area contributed by atoms with Gasteiger partial charge in [0, 0.05) is 15.8 Å². The lowest BCUT2D eigenvalue weighted by Gasteiger charge is -2.19. The highest BCUT2D eigenvalue weighted by atomic mass is 127. The lowest BCUT2D eigenvalue weighted by molar-refractivity contribution is 0.504. The van der Waals surface area contributed by atoms with Crippen LogP contribution in [0.2, 0.25) is 0 Å². The summed E-state index contributed by atoms with van der Waals surface area (Å²) in [5.41, 5.74) is 1.27. The summed E-state index contributed by atoms with van der Waals surface area (Å²) in [6, 6.07) is 8.46. The van der Waals surface area contributed by atoms with E-state index < -0.39 is 0 Å². The molecule has 1 nitrogen and oxygen atoms in total. The third-order valence-corrected chi connectivity index (χ3v) is 3.77. The Hall–Kier alpha value is -0.510. The van der Waals surface area contributed by atoms with E-state index in [1.807, 2.05) is 0 Å². The quantitative estimate of drug-likeness (QED) is 0.655. The van der Waals surface area contributed by atoms with Crippen molar-refractivity contribution in [1.29, 1.82) is 0 Å². The van der Waals surface area contributed by atoms with Gasteiger partial charge in [-0.25, -0.2) is 0 Å². The van der Waals surface area contributed by atoms with Crippen LogP contribution in [0.25, 0.3) is 0 Å². The molecule has 0 heterocycles. The summed E-state index contributed by atoms with van der Waals surface area (Å²) in [7, 11) is 0. The van der Waals surface area contributed by atoms with E-state index >= 15 is 0 Å². The molecule has 2 heteroatoms. The first-order valence-electron chi connectivity index (χ1n) is 5.49. The van der Waals surface area contributed by atoms with Crippen molar-refractivity contribution in [3.8, 4) is 0 Å². The summed E-state index contributed by atoms with van der Waals surface area (Å²) in [4.78, 5) is 0. The van der Waals surface area contributed by atoms with Crippen LogP contribution in [0.1, 0.15) is 19.3 Å². The fourth-order valence-electron chi connectivity index (χ4n) is 1.90. The summed E-state index contributed by atoms with van der Waals surface area (Å²) in [5.74, 6) is 0.811. The SMILES string of the molecule is Ic1ccccc1NCC1CC=CCC1. The van der Waals surface area contributed by atoms with Crippen molar-refractivity contribution in [3.63, 3.8) is 0 Å². The first kappa shape index (κ1) is 11.0. The number of nitrogens with one attached hydrogen (secondary N) is 1. The average Bonchev–Trinajstić information content (AvgIpc) is 2.29. The minimum atomic E-state index is 0.811. The molecule has 80 valence electrons. The summed E-state index contributed by atoms with van der Waals surface area (Å²) in [5, 5.41) is 3.54. The maximum Gasteiger partial charge on any atom is 0.0475 e. The van der Waals surface area contributed by atoms with Crippen LogP contribution < -0.4 is 5.32 Å². The molecule has 0 aromatic heterocycles. The Balaban J connectivity index is 1.87. The molecular weight excluding hydrogens is 297 g/mol. The maximum absolute atomic E-state index is 3.54. The zero-order valence-corrected chi connectivity index (χ0v) is 10.9. The Morgan fingerprint density at radius 2 is 2.13 bits per heavy atom. The van der Waals surface area contributed by atoms with Crippen molar-refractivity contribution in [3.05, 3.63) is 40.0 Å². The third kappa shape index (κ3) is 3.23. The number of anilines is 1. The molecular formula is C13H16IN. The summed E-state index contributed by atoms with van der Waals surface area (Å²) >= 11 is 2.38. The van der Waals surface area contributed by atoms with Gasteiger partial charge in [0.25, 0.3) is 0 Å². The number of allylic oxidation sites excluding steroid dienone is 2. The topological polar surface area (TPSA) is 12.0 Å². The number of hydrogen-bond acceptors (Lipinski definition) is 1. The van der Waals surface area contributed by atoms with Gasteiger partial charge in [0.15, 0.2) is 0 Å². The monoisotopic (exact) mass is 313 g/mol. The Bertz CT molecular complexity index is 346. The normalized spacial score (nSPS) is 20.2. The van der Waals surface area contributed by atoms with Crippen molar-refractivity contribution in [2.24, 2.45) is 5.92 Å². The smallest absolute Gasteiger partial charge is 0.0475 e. The fourth-order valence-corrected chi connectivity index (χ4v) is 2.48. The number of benzene rings is 1. The van der Waals surface area contributed by atoms with Crippen molar-refractivity contribution >= 4 is 28.3 Å². The molecule has 0 saturated heterocycles. The molecule has 1 atom stereocenters. The van der Waals surface area contributed by atoms with Crippen LogP contribution in [0.4, 0.5) is 5.69 Å². The van der Waals surface area contributed by atoms with Gasteiger partial charge >= 0.3 is 0 Å². The van der Waals surface area contributed by atoms with E-state index in [9.17, 15) is 0 Å². The zero-order chi connectivity index (χ0) is 10.5. The van der Waals surface area contributed by atoms with Gasteiger partial charge in [0.2, 0.25) is 0 Å². The molecule has 0 saturated carbocycles. The Labute approximate surface area is 105 Å². The average molecular weight is 313 g/mol. The van der Waals surface area contributed by atoms with E-state index in [1.54, 1.807) is 0 Å². The van der Waals surface area contributed by atoms with Crippen molar-refractivity contribution in [2.75, 3.05) is 11.9 Å². The van der Waals surface area contributed by atoms with Gasteiger partial charge in [0.05, 0.1) is 0 Å². The summed E-state index contributed by atoms with van der Waals surface area (Å²) in [6.07, 6.45) is 8.41. The van der Waals surface area contributed by atoms with Gasteiger partial charge in [-0.2, -0.15) is 0 Å².